The average molecular weight is 369 g/mol. The average Bonchev–Trinajstić information content (AvgIpc) is 2.55. The smallest absolute Gasteiger partial charge is 0.338 e. The van der Waals surface area contributed by atoms with E-state index in [4.69, 9.17) is 38.8 Å². The summed E-state index contributed by atoms with van der Waals surface area (Å²) in [7, 11) is 1.55. The molecule has 0 bridgehead atoms. The van der Waals surface area contributed by atoms with E-state index in [1.807, 2.05) is 6.07 Å². The van der Waals surface area contributed by atoms with Crippen LogP contribution in [0.25, 0.3) is 0 Å². The van der Waals surface area contributed by atoms with Crippen molar-refractivity contribution < 1.29 is 19.4 Å². The molecule has 24 heavy (non-hydrogen) atoms. The fourth-order valence-corrected chi connectivity index (χ4v) is 2.70. The van der Waals surface area contributed by atoms with Gasteiger partial charge < -0.3 is 20.9 Å². The zero-order valence-corrected chi connectivity index (χ0v) is 14.1. The maximum Gasteiger partial charge on any atom is 0.338 e. The Kier molecular flexibility index (Phi) is 5.54. The van der Waals surface area contributed by atoms with Gasteiger partial charge in [0.25, 0.3) is 5.91 Å². The lowest BCUT2D eigenvalue weighted by molar-refractivity contribution is 0.0696. The van der Waals surface area contributed by atoms with Crippen LogP contribution in [-0.2, 0) is 6.54 Å². The molecule has 6 nitrogen and oxygen atoms in total. The van der Waals surface area contributed by atoms with Gasteiger partial charge in [-0.15, -0.1) is 0 Å². The zero-order valence-electron chi connectivity index (χ0n) is 12.6. The molecule has 2 aromatic rings. The highest BCUT2D eigenvalue weighted by Crippen LogP contribution is 2.33. The Labute approximate surface area is 148 Å². The number of amides is 1. The van der Waals surface area contributed by atoms with E-state index in [9.17, 15) is 9.59 Å². The number of nitrogens with two attached hydrogens (primary N) is 1. The van der Waals surface area contributed by atoms with Gasteiger partial charge in [0, 0.05) is 6.54 Å². The van der Waals surface area contributed by atoms with Crippen LogP contribution in [0, 0.1) is 0 Å². The normalized spacial score (nSPS) is 10.3. The van der Waals surface area contributed by atoms with Crippen molar-refractivity contribution >= 4 is 40.8 Å². The quantitative estimate of drug-likeness (QED) is 0.703. The number of halogens is 2. The Balaban J connectivity index is 2.22. The van der Waals surface area contributed by atoms with Crippen molar-refractivity contribution in [1.29, 1.82) is 0 Å². The van der Waals surface area contributed by atoms with E-state index in [1.54, 1.807) is 25.3 Å². The van der Waals surface area contributed by atoms with Gasteiger partial charge in [0.05, 0.1) is 34.0 Å². The molecule has 0 atom stereocenters. The van der Waals surface area contributed by atoms with Crippen molar-refractivity contribution in [2.24, 2.45) is 0 Å². The van der Waals surface area contributed by atoms with Gasteiger partial charge in [0.2, 0.25) is 0 Å². The first-order valence-electron chi connectivity index (χ1n) is 6.77. The van der Waals surface area contributed by atoms with Crippen molar-refractivity contribution in [1.82, 2.24) is 5.32 Å². The van der Waals surface area contributed by atoms with Crippen LogP contribution in [0.1, 0.15) is 26.3 Å². The number of methoxy groups -OCH3 is 1. The van der Waals surface area contributed by atoms with Crippen LogP contribution in [-0.4, -0.2) is 24.1 Å². The number of carbonyl (C=O) groups is 2. The predicted molar refractivity (Wildman–Crippen MR) is 92.0 cm³/mol. The lowest BCUT2D eigenvalue weighted by Gasteiger charge is -2.12. The molecule has 0 unspecified atom stereocenters. The van der Waals surface area contributed by atoms with Crippen LogP contribution < -0.4 is 15.8 Å². The van der Waals surface area contributed by atoms with Crippen molar-refractivity contribution in [3.05, 3.63) is 57.1 Å². The fourth-order valence-electron chi connectivity index (χ4n) is 2.08. The number of ether oxygens (including phenoxy) is 1. The van der Waals surface area contributed by atoms with Gasteiger partial charge in [0.15, 0.2) is 0 Å². The van der Waals surface area contributed by atoms with Gasteiger partial charge in [-0.2, -0.15) is 0 Å². The molecule has 0 radical (unpaired) electrons. The van der Waals surface area contributed by atoms with Crippen molar-refractivity contribution in [3.63, 3.8) is 0 Å². The molecular weight excluding hydrogens is 355 g/mol. The number of carboxylic acid groups (broad SMARTS) is 1. The predicted octanol–water partition coefficient (Wildman–Crippen LogP) is 3.21. The minimum absolute atomic E-state index is 0.0119. The van der Waals surface area contributed by atoms with E-state index in [2.05, 4.69) is 5.32 Å². The number of hydrogen-bond donors (Lipinski definition) is 3. The second kappa shape index (κ2) is 7.42. The van der Waals surface area contributed by atoms with Gasteiger partial charge in [-0.1, -0.05) is 35.3 Å². The summed E-state index contributed by atoms with van der Waals surface area (Å²) in [6.07, 6.45) is 0. The molecule has 4 N–H and O–H groups in total. The highest BCUT2D eigenvalue weighted by molar-refractivity contribution is 6.41. The molecule has 0 spiro atoms. The van der Waals surface area contributed by atoms with Crippen LogP contribution in [0.2, 0.25) is 10.0 Å². The number of anilines is 1. The summed E-state index contributed by atoms with van der Waals surface area (Å²) in [6.45, 7) is 0.228. The number of nitrogen functional groups attached to an aromatic ring is 1. The Bertz CT molecular complexity index is 809. The number of benzene rings is 2. The first-order valence-corrected chi connectivity index (χ1v) is 7.52. The topological polar surface area (TPSA) is 102 Å². The van der Waals surface area contributed by atoms with Crippen LogP contribution in [0.4, 0.5) is 5.69 Å². The zero-order chi connectivity index (χ0) is 17.9. The molecule has 126 valence electrons. The number of nitrogens with one attached hydrogen (secondary N) is 1. The molecule has 2 aromatic carbocycles. The second-order valence-electron chi connectivity index (χ2n) is 4.85. The molecular formula is C16H14Cl2N2O4. The summed E-state index contributed by atoms with van der Waals surface area (Å²) in [5.74, 6) is -1.17. The Morgan fingerprint density at radius 2 is 2.00 bits per heavy atom. The summed E-state index contributed by atoms with van der Waals surface area (Å²) in [5, 5.41) is 11.3. The minimum atomic E-state index is -1.32. The van der Waals surface area contributed by atoms with Gasteiger partial charge in [0.1, 0.15) is 5.75 Å². The largest absolute Gasteiger partial charge is 0.497 e. The molecule has 1 amide bonds. The van der Waals surface area contributed by atoms with E-state index in [-0.39, 0.29) is 33.4 Å². The van der Waals surface area contributed by atoms with Crippen molar-refractivity contribution in [2.75, 3.05) is 12.8 Å². The summed E-state index contributed by atoms with van der Waals surface area (Å²) in [5.41, 5.74) is 6.13. The Morgan fingerprint density at radius 1 is 1.29 bits per heavy atom. The van der Waals surface area contributed by atoms with E-state index < -0.39 is 11.9 Å². The maximum absolute atomic E-state index is 12.3. The highest BCUT2D eigenvalue weighted by atomic mass is 35.5. The first kappa shape index (κ1) is 17.9. The third kappa shape index (κ3) is 3.72. The number of hydrogen-bond acceptors (Lipinski definition) is 4. The van der Waals surface area contributed by atoms with Crippen LogP contribution >= 0.6 is 23.2 Å². The van der Waals surface area contributed by atoms with E-state index >= 15 is 0 Å². The highest BCUT2D eigenvalue weighted by Gasteiger charge is 2.22. The third-order valence-corrected chi connectivity index (χ3v) is 3.99. The lowest BCUT2D eigenvalue weighted by Crippen LogP contribution is -2.24. The fraction of sp³-hybridized carbons (Fsp3) is 0.125. The number of aromatic carboxylic acids is 1. The molecule has 0 fully saturated rings. The third-order valence-electron chi connectivity index (χ3n) is 3.30. The van der Waals surface area contributed by atoms with Crippen molar-refractivity contribution in [3.8, 4) is 5.75 Å². The van der Waals surface area contributed by atoms with Crippen LogP contribution in [0.15, 0.2) is 30.3 Å². The van der Waals surface area contributed by atoms with Crippen LogP contribution in [0.3, 0.4) is 0 Å². The summed E-state index contributed by atoms with van der Waals surface area (Å²) >= 11 is 11.8. The molecule has 0 saturated carbocycles. The molecule has 0 aromatic heterocycles. The SMILES string of the molecule is COc1cccc(CNC(=O)c2cc(Cl)c(C(=O)O)c(Cl)c2N)c1. The van der Waals surface area contributed by atoms with Gasteiger partial charge in [-0.05, 0) is 23.8 Å². The molecule has 0 saturated heterocycles. The lowest BCUT2D eigenvalue weighted by atomic mass is 10.1. The number of carbonyl (C=O) groups excluding carboxylic acids is 1. The Morgan fingerprint density at radius 3 is 2.62 bits per heavy atom. The number of carboxylic acids is 1. The van der Waals surface area contributed by atoms with Gasteiger partial charge >= 0.3 is 5.97 Å². The molecule has 0 aliphatic carbocycles. The van der Waals surface area contributed by atoms with Crippen molar-refractivity contribution in [2.45, 2.75) is 6.54 Å². The molecule has 0 heterocycles. The monoisotopic (exact) mass is 368 g/mol. The van der Waals surface area contributed by atoms with E-state index in [0.29, 0.717) is 5.75 Å². The van der Waals surface area contributed by atoms with E-state index in [0.717, 1.165) is 5.56 Å². The maximum atomic E-state index is 12.3. The summed E-state index contributed by atoms with van der Waals surface area (Å²) in [4.78, 5) is 23.4. The minimum Gasteiger partial charge on any atom is -0.497 e. The molecule has 0 aliphatic rings. The summed E-state index contributed by atoms with van der Waals surface area (Å²) < 4.78 is 5.11. The standard InChI is InChI=1S/C16H14Cl2N2O4/c1-24-9-4-2-3-8(5-9)7-20-15(21)10-6-11(17)12(16(22)23)13(18)14(10)19/h2-6H,7,19H2,1H3,(H,20,21)(H,22,23). The molecule has 0 aliphatic heterocycles. The van der Waals surface area contributed by atoms with E-state index in [1.165, 1.54) is 6.07 Å². The summed E-state index contributed by atoms with van der Waals surface area (Å²) in [6, 6.07) is 8.36. The molecule has 2 rings (SSSR count). The molecule has 8 heteroatoms. The van der Waals surface area contributed by atoms with Gasteiger partial charge in [-0.25, -0.2) is 4.79 Å². The Hall–Kier alpha value is -2.44. The van der Waals surface area contributed by atoms with Gasteiger partial charge in [-0.3, -0.25) is 4.79 Å². The van der Waals surface area contributed by atoms with Crippen LogP contribution in [0.5, 0.6) is 5.75 Å². The number of rotatable bonds is 5. The first-order chi connectivity index (χ1) is 11.3. The second-order valence-corrected chi connectivity index (χ2v) is 5.63.